The molecule has 0 aromatic heterocycles. The number of carbonyl (C=O) groups is 1. The van der Waals surface area contributed by atoms with E-state index in [2.05, 4.69) is 6.92 Å². The molecule has 0 heterocycles. The molecule has 0 spiro atoms. The quantitative estimate of drug-likeness (QED) is 0.629. The minimum Gasteiger partial charge on any atom is -0.299 e. The van der Waals surface area contributed by atoms with Gasteiger partial charge in [-0.25, -0.2) is 0 Å². The van der Waals surface area contributed by atoms with Gasteiger partial charge in [0.15, 0.2) is 0 Å². The highest BCUT2D eigenvalue weighted by Crippen LogP contribution is 2.40. The molecule has 2 aliphatic carbocycles. The Morgan fingerprint density at radius 3 is 1.94 bits per heavy atom. The Balaban J connectivity index is 1.98. The van der Waals surface area contributed by atoms with Gasteiger partial charge in [0.2, 0.25) is 0 Å². The van der Waals surface area contributed by atoms with Crippen LogP contribution in [-0.2, 0) is 4.79 Å². The Morgan fingerprint density at radius 1 is 0.875 bits per heavy atom. The predicted molar refractivity (Wildman–Crippen MR) is 67.4 cm³/mol. The number of ketones is 1. The van der Waals surface area contributed by atoms with E-state index in [4.69, 9.17) is 0 Å². The van der Waals surface area contributed by atoms with Gasteiger partial charge in [0, 0.05) is 11.3 Å². The van der Waals surface area contributed by atoms with E-state index in [1.807, 2.05) is 0 Å². The van der Waals surface area contributed by atoms with Crippen LogP contribution < -0.4 is 0 Å². The fraction of sp³-hybridized carbons (Fsp3) is 0.933. The van der Waals surface area contributed by atoms with Gasteiger partial charge in [-0.1, -0.05) is 51.9 Å². The largest absolute Gasteiger partial charge is 0.299 e. The SMILES string of the molecule is CC1(C(=O)C2CCCCCC2)CCCCC1. The van der Waals surface area contributed by atoms with Crippen molar-refractivity contribution in [1.82, 2.24) is 0 Å². The Labute approximate surface area is 100.0 Å². The van der Waals surface area contributed by atoms with Crippen LogP contribution in [0.2, 0.25) is 0 Å². The lowest BCUT2D eigenvalue weighted by atomic mass is 9.68. The Morgan fingerprint density at radius 2 is 1.38 bits per heavy atom. The molecule has 2 fully saturated rings. The van der Waals surface area contributed by atoms with Crippen molar-refractivity contribution in [1.29, 1.82) is 0 Å². The van der Waals surface area contributed by atoms with Crippen LogP contribution in [-0.4, -0.2) is 5.78 Å². The van der Waals surface area contributed by atoms with Crippen molar-refractivity contribution in [3.63, 3.8) is 0 Å². The molecule has 2 saturated carbocycles. The monoisotopic (exact) mass is 222 g/mol. The predicted octanol–water partition coefficient (Wildman–Crippen LogP) is 4.50. The zero-order valence-corrected chi connectivity index (χ0v) is 10.8. The van der Waals surface area contributed by atoms with E-state index in [-0.39, 0.29) is 5.41 Å². The van der Waals surface area contributed by atoms with E-state index in [0.717, 1.165) is 12.8 Å². The molecule has 16 heavy (non-hydrogen) atoms. The summed E-state index contributed by atoms with van der Waals surface area (Å²) in [6.07, 6.45) is 13.8. The zero-order chi connectivity index (χ0) is 11.4. The maximum atomic E-state index is 12.6. The van der Waals surface area contributed by atoms with Crippen molar-refractivity contribution in [2.75, 3.05) is 0 Å². The molecule has 0 saturated heterocycles. The minimum atomic E-state index is 0.0489. The number of carbonyl (C=O) groups excluding carboxylic acids is 1. The molecule has 0 atom stereocenters. The van der Waals surface area contributed by atoms with E-state index in [1.54, 1.807) is 0 Å². The Bertz CT molecular complexity index is 230. The first-order valence-corrected chi connectivity index (χ1v) is 7.27. The van der Waals surface area contributed by atoms with Crippen LogP contribution >= 0.6 is 0 Å². The van der Waals surface area contributed by atoms with E-state index < -0.39 is 0 Å². The first kappa shape index (κ1) is 12.1. The van der Waals surface area contributed by atoms with Gasteiger partial charge in [0.25, 0.3) is 0 Å². The maximum absolute atomic E-state index is 12.6. The highest BCUT2D eigenvalue weighted by Gasteiger charge is 2.38. The zero-order valence-electron chi connectivity index (χ0n) is 10.8. The van der Waals surface area contributed by atoms with Crippen molar-refractivity contribution in [3.05, 3.63) is 0 Å². The third kappa shape index (κ3) is 2.67. The summed E-state index contributed by atoms with van der Waals surface area (Å²) >= 11 is 0. The van der Waals surface area contributed by atoms with Crippen molar-refractivity contribution >= 4 is 5.78 Å². The maximum Gasteiger partial charge on any atom is 0.141 e. The highest BCUT2D eigenvalue weighted by atomic mass is 16.1. The molecule has 1 nitrogen and oxygen atoms in total. The summed E-state index contributed by atoms with van der Waals surface area (Å²) in [7, 11) is 0. The van der Waals surface area contributed by atoms with E-state index in [1.165, 1.54) is 57.8 Å². The van der Waals surface area contributed by atoms with Crippen LogP contribution in [0, 0.1) is 11.3 Å². The summed E-state index contributed by atoms with van der Waals surface area (Å²) in [5.74, 6) is 1.03. The molecule has 0 aromatic rings. The Hall–Kier alpha value is -0.330. The first-order chi connectivity index (χ1) is 7.72. The lowest BCUT2D eigenvalue weighted by molar-refractivity contribution is -0.134. The van der Waals surface area contributed by atoms with E-state index in [0.29, 0.717) is 11.7 Å². The van der Waals surface area contributed by atoms with E-state index >= 15 is 0 Å². The standard InChI is InChI=1S/C15H26O/c1-15(11-7-4-8-12-15)14(16)13-9-5-2-3-6-10-13/h13H,2-12H2,1H3. The fourth-order valence-electron chi connectivity index (χ4n) is 3.61. The molecule has 0 amide bonds. The third-order valence-corrected chi connectivity index (χ3v) is 4.78. The van der Waals surface area contributed by atoms with E-state index in [9.17, 15) is 4.79 Å². The average molecular weight is 222 g/mol. The number of hydrogen-bond acceptors (Lipinski definition) is 1. The Kier molecular flexibility index (Phi) is 4.05. The number of Topliss-reactive ketones (excluding diaryl/α,β-unsaturated/α-hetero) is 1. The summed E-state index contributed by atoms with van der Waals surface area (Å²) in [5.41, 5.74) is 0.0489. The molecule has 1 heteroatoms. The van der Waals surface area contributed by atoms with Gasteiger partial charge in [-0.05, 0) is 25.7 Å². The van der Waals surface area contributed by atoms with Crippen LogP contribution in [0.25, 0.3) is 0 Å². The molecule has 0 aliphatic heterocycles. The van der Waals surface area contributed by atoms with Crippen molar-refractivity contribution in [3.8, 4) is 0 Å². The van der Waals surface area contributed by atoms with Crippen molar-refractivity contribution in [2.45, 2.75) is 77.6 Å². The second kappa shape index (κ2) is 5.33. The topological polar surface area (TPSA) is 17.1 Å². The lowest BCUT2D eigenvalue weighted by Gasteiger charge is -2.35. The van der Waals surface area contributed by atoms with Gasteiger partial charge in [0.05, 0.1) is 0 Å². The van der Waals surface area contributed by atoms with Crippen LogP contribution in [0.15, 0.2) is 0 Å². The average Bonchev–Trinajstić information content (AvgIpc) is 2.57. The summed E-state index contributed by atoms with van der Waals surface area (Å²) in [6, 6.07) is 0. The molecule has 0 unspecified atom stereocenters. The van der Waals surface area contributed by atoms with Crippen LogP contribution in [0.3, 0.4) is 0 Å². The van der Waals surface area contributed by atoms with Crippen LogP contribution in [0.1, 0.15) is 77.6 Å². The van der Waals surface area contributed by atoms with Crippen molar-refractivity contribution < 1.29 is 4.79 Å². The van der Waals surface area contributed by atoms with Gasteiger partial charge in [-0.15, -0.1) is 0 Å². The van der Waals surface area contributed by atoms with Gasteiger partial charge in [-0.2, -0.15) is 0 Å². The van der Waals surface area contributed by atoms with Gasteiger partial charge >= 0.3 is 0 Å². The summed E-state index contributed by atoms with van der Waals surface area (Å²) in [6.45, 7) is 2.24. The van der Waals surface area contributed by atoms with Gasteiger partial charge < -0.3 is 0 Å². The molecular formula is C15H26O. The van der Waals surface area contributed by atoms with Gasteiger partial charge in [-0.3, -0.25) is 4.79 Å². The molecule has 92 valence electrons. The lowest BCUT2D eigenvalue weighted by Crippen LogP contribution is -2.35. The summed E-state index contributed by atoms with van der Waals surface area (Å²) in [5, 5.41) is 0. The van der Waals surface area contributed by atoms with Crippen LogP contribution in [0.5, 0.6) is 0 Å². The number of hydrogen-bond donors (Lipinski definition) is 0. The molecule has 0 bridgehead atoms. The number of rotatable bonds is 2. The molecule has 0 N–H and O–H groups in total. The molecule has 0 radical (unpaired) electrons. The molecular weight excluding hydrogens is 196 g/mol. The molecule has 0 aromatic carbocycles. The third-order valence-electron chi connectivity index (χ3n) is 4.78. The smallest absolute Gasteiger partial charge is 0.141 e. The van der Waals surface area contributed by atoms with Crippen molar-refractivity contribution in [2.24, 2.45) is 11.3 Å². The second-order valence-corrected chi connectivity index (χ2v) is 6.17. The normalized spacial score (nSPS) is 27.3. The molecule has 2 aliphatic rings. The minimum absolute atomic E-state index is 0.0489. The summed E-state index contributed by atoms with van der Waals surface area (Å²) < 4.78 is 0. The second-order valence-electron chi connectivity index (χ2n) is 6.17. The highest BCUT2D eigenvalue weighted by molar-refractivity contribution is 5.86. The molecule has 2 rings (SSSR count). The first-order valence-electron chi connectivity index (χ1n) is 7.27. The summed E-state index contributed by atoms with van der Waals surface area (Å²) in [4.78, 5) is 12.6. The van der Waals surface area contributed by atoms with Crippen LogP contribution in [0.4, 0.5) is 0 Å². The van der Waals surface area contributed by atoms with Gasteiger partial charge in [0.1, 0.15) is 5.78 Å². The fourth-order valence-corrected chi connectivity index (χ4v) is 3.61.